The van der Waals surface area contributed by atoms with E-state index < -0.39 is 5.91 Å². The third-order valence-corrected chi connectivity index (χ3v) is 3.67. The number of pyridine rings is 1. The zero-order valence-corrected chi connectivity index (χ0v) is 10.1. The minimum Gasteiger partial charge on any atom is -0.366 e. The van der Waals surface area contributed by atoms with Crippen molar-refractivity contribution in [2.24, 2.45) is 5.73 Å². The number of H-pyrrole nitrogens is 1. The normalized spacial score (nSPS) is 17.1. The average molecular weight is 244 g/mol. The minimum atomic E-state index is -0.443. The van der Waals surface area contributed by atoms with Crippen LogP contribution in [-0.2, 0) is 0 Å². The molecule has 1 amide bonds. The van der Waals surface area contributed by atoms with Gasteiger partial charge in [0.1, 0.15) is 5.82 Å². The van der Waals surface area contributed by atoms with Gasteiger partial charge in [0, 0.05) is 12.1 Å². The molecular formula is C13H16N4O. The van der Waals surface area contributed by atoms with Gasteiger partial charge in [0.25, 0.3) is 5.91 Å². The number of imidazole rings is 1. The molecule has 3 N–H and O–H groups in total. The van der Waals surface area contributed by atoms with Crippen LogP contribution in [0.1, 0.15) is 54.2 Å². The lowest BCUT2D eigenvalue weighted by Crippen LogP contribution is -2.11. The quantitative estimate of drug-likeness (QED) is 0.848. The summed E-state index contributed by atoms with van der Waals surface area (Å²) < 4.78 is 0. The Balaban J connectivity index is 2.04. The fraction of sp³-hybridized carbons (Fsp3) is 0.462. The van der Waals surface area contributed by atoms with E-state index in [1.54, 1.807) is 12.3 Å². The van der Waals surface area contributed by atoms with E-state index in [0.29, 0.717) is 22.6 Å². The van der Waals surface area contributed by atoms with Crippen LogP contribution in [0.5, 0.6) is 0 Å². The molecule has 1 saturated carbocycles. The monoisotopic (exact) mass is 244 g/mol. The van der Waals surface area contributed by atoms with Crippen molar-refractivity contribution >= 4 is 17.1 Å². The van der Waals surface area contributed by atoms with Crippen LogP contribution in [0.3, 0.4) is 0 Å². The number of amides is 1. The van der Waals surface area contributed by atoms with Crippen molar-refractivity contribution in [3.8, 4) is 0 Å². The van der Waals surface area contributed by atoms with E-state index in [2.05, 4.69) is 15.0 Å². The molecule has 5 nitrogen and oxygen atoms in total. The van der Waals surface area contributed by atoms with E-state index in [0.717, 1.165) is 18.7 Å². The fourth-order valence-corrected chi connectivity index (χ4v) is 2.70. The van der Waals surface area contributed by atoms with Gasteiger partial charge in [0.05, 0.1) is 11.1 Å². The zero-order chi connectivity index (χ0) is 12.5. The second kappa shape index (κ2) is 4.40. The second-order valence-corrected chi connectivity index (χ2v) is 4.88. The van der Waals surface area contributed by atoms with Crippen LogP contribution in [0.2, 0.25) is 0 Å². The molecule has 0 radical (unpaired) electrons. The summed E-state index contributed by atoms with van der Waals surface area (Å²) in [6, 6.07) is 1.63. The summed E-state index contributed by atoms with van der Waals surface area (Å²) >= 11 is 0. The van der Waals surface area contributed by atoms with Crippen molar-refractivity contribution < 1.29 is 4.79 Å². The van der Waals surface area contributed by atoms with Crippen LogP contribution in [0.15, 0.2) is 12.3 Å². The molecule has 0 atom stereocenters. The van der Waals surface area contributed by atoms with E-state index >= 15 is 0 Å². The average Bonchev–Trinajstić information content (AvgIpc) is 2.83. The SMILES string of the molecule is NC(=O)c1ccnc2nc(C3CCCCC3)[nH]c12. The summed E-state index contributed by atoms with van der Waals surface area (Å²) in [5.74, 6) is 0.973. The molecule has 2 heterocycles. The van der Waals surface area contributed by atoms with Gasteiger partial charge in [-0.15, -0.1) is 0 Å². The Morgan fingerprint density at radius 1 is 1.33 bits per heavy atom. The number of aromatic nitrogens is 3. The summed E-state index contributed by atoms with van der Waals surface area (Å²) in [5.41, 5.74) is 7.08. The zero-order valence-electron chi connectivity index (χ0n) is 10.1. The summed E-state index contributed by atoms with van der Waals surface area (Å²) in [5, 5.41) is 0. The molecule has 1 aliphatic carbocycles. The highest BCUT2D eigenvalue weighted by Gasteiger charge is 2.20. The molecule has 0 spiro atoms. The van der Waals surface area contributed by atoms with Crippen molar-refractivity contribution in [2.45, 2.75) is 38.0 Å². The smallest absolute Gasteiger partial charge is 0.251 e. The molecule has 1 aliphatic rings. The number of carbonyl (C=O) groups excluding carboxylic acids is 1. The Kier molecular flexibility index (Phi) is 2.74. The molecule has 1 fully saturated rings. The third kappa shape index (κ3) is 1.85. The molecule has 0 unspecified atom stereocenters. The number of rotatable bonds is 2. The van der Waals surface area contributed by atoms with Gasteiger partial charge in [0.2, 0.25) is 0 Å². The molecule has 3 rings (SSSR count). The molecule has 94 valence electrons. The predicted molar refractivity (Wildman–Crippen MR) is 68.2 cm³/mol. The van der Waals surface area contributed by atoms with Gasteiger partial charge in [-0.1, -0.05) is 19.3 Å². The number of nitrogens with one attached hydrogen (secondary N) is 1. The Morgan fingerprint density at radius 2 is 2.11 bits per heavy atom. The fourth-order valence-electron chi connectivity index (χ4n) is 2.70. The number of carbonyl (C=O) groups is 1. The Hall–Kier alpha value is -1.91. The molecule has 5 heteroatoms. The highest BCUT2D eigenvalue weighted by Crippen LogP contribution is 2.32. The van der Waals surface area contributed by atoms with Crippen molar-refractivity contribution in [1.82, 2.24) is 15.0 Å². The number of aromatic amines is 1. The summed E-state index contributed by atoms with van der Waals surface area (Å²) in [4.78, 5) is 23.3. The van der Waals surface area contributed by atoms with Crippen molar-refractivity contribution in [2.75, 3.05) is 0 Å². The summed E-state index contributed by atoms with van der Waals surface area (Å²) in [7, 11) is 0. The van der Waals surface area contributed by atoms with Crippen molar-refractivity contribution in [1.29, 1.82) is 0 Å². The molecule has 0 aliphatic heterocycles. The highest BCUT2D eigenvalue weighted by atomic mass is 16.1. The summed E-state index contributed by atoms with van der Waals surface area (Å²) in [6.45, 7) is 0. The highest BCUT2D eigenvalue weighted by molar-refractivity contribution is 6.03. The lowest BCUT2D eigenvalue weighted by molar-refractivity contribution is 0.100. The second-order valence-electron chi connectivity index (χ2n) is 4.88. The molecule has 0 aromatic carbocycles. The topological polar surface area (TPSA) is 84.7 Å². The van der Waals surface area contributed by atoms with Crippen LogP contribution in [-0.4, -0.2) is 20.9 Å². The van der Waals surface area contributed by atoms with E-state index in [4.69, 9.17) is 5.73 Å². The molecule has 2 aromatic heterocycles. The maximum absolute atomic E-state index is 11.3. The van der Waals surface area contributed by atoms with Gasteiger partial charge in [-0.3, -0.25) is 4.79 Å². The number of fused-ring (bicyclic) bond motifs is 1. The third-order valence-electron chi connectivity index (χ3n) is 3.67. The first kappa shape index (κ1) is 11.2. The van der Waals surface area contributed by atoms with Gasteiger partial charge in [-0.2, -0.15) is 0 Å². The van der Waals surface area contributed by atoms with Crippen molar-refractivity contribution in [3.05, 3.63) is 23.7 Å². The Bertz CT molecular complexity index is 584. The number of nitrogens with two attached hydrogens (primary N) is 1. The van der Waals surface area contributed by atoms with Crippen LogP contribution < -0.4 is 5.73 Å². The van der Waals surface area contributed by atoms with Gasteiger partial charge >= 0.3 is 0 Å². The number of hydrogen-bond donors (Lipinski definition) is 2. The van der Waals surface area contributed by atoms with Crippen LogP contribution in [0, 0.1) is 0 Å². The van der Waals surface area contributed by atoms with Gasteiger partial charge in [-0.25, -0.2) is 9.97 Å². The molecule has 0 saturated heterocycles. The standard InChI is InChI=1S/C13H16N4O/c14-11(18)9-6-7-15-13-10(9)16-12(17-13)8-4-2-1-3-5-8/h6-8H,1-5H2,(H2,14,18)(H,15,16,17). The largest absolute Gasteiger partial charge is 0.366 e. The first-order chi connectivity index (χ1) is 8.75. The van der Waals surface area contributed by atoms with Gasteiger partial charge in [-0.05, 0) is 18.9 Å². The maximum atomic E-state index is 11.3. The molecular weight excluding hydrogens is 228 g/mol. The number of nitrogens with zero attached hydrogens (tertiary/aromatic N) is 2. The van der Waals surface area contributed by atoms with Crippen LogP contribution >= 0.6 is 0 Å². The lowest BCUT2D eigenvalue weighted by Gasteiger charge is -2.18. The number of hydrogen-bond acceptors (Lipinski definition) is 3. The van der Waals surface area contributed by atoms with E-state index in [-0.39, 0.29) is 0 Å². The van der Waals surface area contributed by atoms with Gasteiger partial charge in [0.15, 0.2) is 5.65 Å². The van der Waals surface area contributed by atoms with Crippen LogP contribution in [0.25, 0.3) is 11.2 Å². The summed E-state index contributed by atoms with van der Waals surface area (Å²) in [6.07, 6.45) is 7.70. The minimum absolute atomic E-state index is 0.443. The Morgan fingerprint density at radius 3 is 2.83 bits per heavy atom. The Labute approximate surface area is 105 Å². The lowest BCUT2D eigenvalue weighted by atomic mass is 9.89. The van der Waals surface area contributed by atoms with Crippen LogP contribution in [0.4, 0.5) is 0 Å². The molecule has 0 bridgehead atoms. The molecule has 18 heavy (non-hydrogen) atoms. The maximum Gasteiger partial charge on any atom is 0.251 e. The van der Waals surface area contributed by atoms with Gasteiger partial charge < -0.3 is 10.7 Å². The van der Waals surface area contributed by atoms with E-state index in [9.17, 15) is 4.79 Å². The predicted octanol–water partition coefficient (Wildman–Crippen LogP) is 2.10. The first-order valence-corrected chi connectivity index (χ1v) is 6.40. The van der Waals surface area contributed by atoms with Crippen molar-refractivity contribution in [3.63, 3.8) is 0 Å². The number of primary amides is 1. The molecule has 2 aromatic rings. The van der Waals surface area contributed by atoms with E-state index in [1.165, 1.54) is 19.3 Å². The van der Waals surface area contributed by atoms with E-state index in [1.807, 2.05) is 0 Å². The first-order valence-electron chi connectivity index (χ1n) is 6.40.